The number of benzene rings is 1. The first-order valence-corrected chi connectivity index (χ1v) is 4.71. The second-order valence-electron chi connectivity index (χ2n) is 3.10. The Bertz CT molecular complexity index is 330. The quantitative estimate of drug-likeness (QED) is 0.768. The van der Waals surface area contributed by atoms with E-state index in [0.29, 0.717) is 0 Å². The first-order valence-electron chi connectivity index (χ1n) is 3.92. The second-order valence-corrected chi connectivity index (χ2v) is 3.95. The molecule has 1 aliphatic carbocycles. The maximum absolute atomic E-state index is 12.9. The molecule has 13 heavy (non-hydrogen) atoms. The van der Waals surface area contributed by atoms with Gasteiger partial charge in [-0.05, 0) is 36.1 Å². The first-order chi connectivity index (χ1) is 5.68. The summed E-state index contributed by atoms with van der Waals surface area (Å²) in [6.45, 7) is 0. The predicted molar refractivity (Wildman–Crippen MR) is 56.6 cm³/mol. The second kappa shape index (κ2) is 3.95. The highest BCUT2D eigenvalue weighted by molar-refractivity contribution is 9.10. The molecule has 0 saturated heterocycles. The summed E-state index contributed by atoms with van der Waals surface area (Å²) in [6, 6.07) is 3.06. The molecule has 0 radical (unpaired) electrons. The van der Waals surface area contributed by atoms with Gasteiger partial charge < -0.3 is 5.73 Å². The summed E-state index contributed by atoms with van der Waals surface area (Å²) >= 11 is 3.33. The molecule has 72 valence electrons. The molecule has 0 aliphatic heterocycles. The molecule has 0 heterocycles. The van der Waals surface area contributed by atoms with E-state index in [0.717, 1.165) is 22.9 Å². The molecule has 1 aliphatic rings. The van der Waals surface area contributed by atoms with Crippen LogP contribution in [0.4, 0.5) is 4.39 Å². The van der Waals surface area contributed by atoms with Gasteiger partial charge in [-0.2, -0.15) is 0 Å². The first kappa shape index (κ1) is 11.0. The number of rotatable bonds is 0. The number of nitrogens with two attached hydrogens (primary N) is 1. The lowest BCUT2D eigenvalue weighted by molar-refractivity contribution is 0.621. The van der Waals surface area contributed by atoms with Crippen LogP contribution in [-0.2, 0) is 6.42 Å². The monoisotopic (exact) mass is 265 g/mol. The molecule has 0 amide bonds. The van der Waals surface area contributed by atoms with E-state index in [1.165, 1.54) is 17.7 Å². The van der Waals surface area contributed by atoms with E-state index >= 15 is 0 Å². The third kappa shape index (κ3) is 1.87. The Kier molecular flexibility index (Phi) is 3.33. The normalized spacial score (nSPS) is 19.5. The molecule has 1 nitrogen and oxygen atoms in total. The minimum absolute atomic E-state index is 0. The molecule has 0 bridgehead atoms. The standard InChI is InChI=1S/C9H9BrFN.ClH/c10-8-4-5(11)3-7-6(8)1-2-9(7)12;/h3-4,9H,1-2,12H2;1H. The minimum Gasteiger partial charge on any atom is -0.324 e. The summed E-state index contributed by atoms with van der Waals surface area (Å²) in [4.78, 5) is 0. The topological polar surface area (TPSA) is 26.0 Å². The number of halogens is 3. The molecule has 1 aromatic rings. The number of hydrogen-bond acceptors (Lipinski definition) is 1. The molecule has 0 aromatic heterocycles. The number of hydrogen-bond donors (Lipinski definition) is 1. The van der Waals surface area contributed by atoms with Crippen molar-refractivity contribution in [3.8, 4) is 0 Å². The van der Waals surface area contributed by atoms with Crippen molar-refractivity contribution in [1.82, 2.24) is 0 Å². The van der Waals surface area contributed by atoms with Gasteiger partial charge in [-0.3, -0.25) is 0 Å². The fourth-order valence-electron chi connectivity index (χ4n) is 1.67. The van der Waals surface area contributed by atoms with Crippen LogP contribution in [-0.4, -0.2) is 0 Å². The van der Waals surface area contributed by atoms with Crippen molar-refractivity contribution in [2.75, 3.05) is 0 Å². The molecule has 1 atom stereocenters. The molecule has 0 fully saturated rings. The van der Waals surface area contributed by atoms with Crippen LogP contribution < -0.4 is 5.73 Å². The molecule has 1 aromatic carbocycles. The summed E-state index contributed by atoms with van der Waals surface area (Å²) in [6.07, 6.45) is 1.88. The maximum atomic E-state index is 12.9. The minimum atomic E-state index is -0.210. The number of fused-ring (bicyclic) bond motifs is 1. The SMILES string of the molecule is Cl.NC1CCc2c(Br)cc(F)cc21. The third-order valence-electron chi connectivity index (χ3n) is 2.30. The van der Waals surface area contributed by atoms with Gasteiger partial charge in [0, 0.05) is 10.5 Å². The van der Waals surface area contributed by atoms with Gasteiger partial charge in [0.2, 0.25) is 0 Å². The van der Waals surface area contributed by atoms with Crippen molar-refractivity contribution in [1.29, 1.82) is 0 Å². The third-order valence-corrected chi connectivity index (χ3v) is 3.01. The van der Waals surface area contributed by atoms with Crippen molar-refractivity contribution in [2.45, 2.75) is 18.9 Å². The zero-order chi connectivity index (χ0) is 8.72. The highest BCUT2D eigenvalue weighted by atomic mass is 79.9. The average Bonchev–Trinajstić information content (AvgIpc) is 2.33. The smallest absolute Gasteiger partial charge is 0.124 e. The van der Waals surface area contributed by atoms with Crippen LogP contribution in [0, 0.1) is 5.82 Å². The van der Waals surface area contributed by atoms with Crippen LogP contribution in [0.1, 0.15) is 23.6 Å². The van der Waals surface area contributed by atoms with E-state index in [1.807, 2.05) is 0 Å². The molecule has 0 saturated carbocycles. The van der Waals surface area contributed by atoms with Crippen LogP contribution >= 0.6 is 28.3 Å². The van der Waals surface area contributed by atoms with Gasteiger partial charge in [-0.15, -0.1) is 12.4 Å². The van der Waals surface area contributed by atoms with Crippen LogP contribution in [0.2, 0.25) is 0 Å². The fourth-order valence-corrected chi connectivity index (χ4v) is 2.32. The zero-order valence-corrected chi connectivity index (χ0v) is 9.29. The van der Waals surface area contributed by atoms with Gasteiger partial charge in [0.05, 0.1) is 0 Å². The highest BCUT2D eigenvalue weighted by Crippen LogP contribution is 2.34. The van der Waals surface area contributed by atoms with E-state index in [1.54, 1.807) is 0 Å². The van der Waals surface area contributed by atoms with Gasteiger partial charge in [0.15, 0.2) is 0 Å². The van der Waals surface area contributed by atoms with Gasteiger partial charge >= 0.3 is 0 Å². The van der Waals surface area contributed by atoms with Crippen molar-refractivity contribution in [3.63, 3.8) is 0 Å². The summed E-state index contributed by atoms with van der Waals surface area (Å²) in [5.41, 5.74) is 7.93. The van der Waals surface area contributed by atoms with Crippen LogP contribution in [0.25, 0.3) is 0 Å². The van der Waals surface area contributed by atoms with Gasteiger partial charge in [-0.1, -0.05) is 15.9 Å². The van der Waals surface area contributed by atoms with E-state index < -0.39 is 0 Å². The Hall–Kier alpha value is -0.120. The molecular formula is C9H10BrClFN. The van der Waals surface area contributed by atoms with E-state index in [9.17, 15) is 4.39 Å². The molecule has 1 unspecified atom stereocenters. The Balaban J connectivity index is 0.000000845. The van der Waals surface area contributed by atoms with Crippen LogP contribution in [0.3, 0.4) is 0 Å². The molecule has 0 spiro atoms. The van der Waals surface area contributed by atoms with Crippen molar-refractivity contribution < 1.29 is 4.39 Å². The maximum Gasteiger partial charge on any atom is 0.124 e. The van der Waals surface area contributed by atoms with E-state index in [4.69, 9.17) is 5.73 Å². The Labute approximate surface area is 91.0 Å². The Morgan fingerprint density at radius 1 is 1.46 bits per heavy atom. The fraction of sp³-hybridized carbons (Fsp3) is 0.333. The molecule has 2 rings (SSSR count). The van der Waals surface area contributed by atoms with Crippen molar-refractivity contribution in [3.05, 3.63) is 33.5 Å². The van der Waals surface area contributed by atoms with Gasteiger partial charge in [0.1, 0.15) is 5.82 Å². The molecule has 4 heteroatoms. The van der Waals surface area contributed by atoms with E-state index in [-0.39, 0.29) is 24.3 Å². The highest BCUT2D eigenvalue weighted by Gasteiger charge is 2.21. The van der Waals surface area contributed by atoms with E-state index in [2.05, 4.69) is 15.9 Å². The Morgan fingerprint density at radius 3 is 2.85 bits per heavy atom. The lowest BCUT2D eigenvalue weighted by Gasteiger charge is -2.05. The van der Waals surface area contributed by atoms with Gasteiger partial charge in [-0.25, -0.2) is 4.39 Å². The summed E-state index contributed by atoms with van der Waals surface area (Å²) in [7, 11) is 0. The average molecular weight is 267 g/mol. The zero-order valence-electron chi connectivity index (χ0n) is 6.89. The van der Waals surface area contributed by atoms with Gasteiger partial charge in [0.25, 0.3) is 0 Å². The lowest BCUT2D eigenvalue weighted by atomic mass is 10.1. The van der Waals surface area contributed by atoms with Crippen LogP contribution in [0.15, 0.2) is 16.6 Å². The summed E-state index contributed by atoms with van der Waals surface area (Å²) in [5.74, 6) is -0.210. The Morgan fingerprint density at radius 2 is 2.15 bits per heavy atom. The largest absolute Gasteiger partial charge is 0.324 e. The summed E-state index contributed by atoms with van der Waals surface area (Å²) in [5, 5.41) is 0. The van der Waals surface area contributed by atoms with Crippen molar-refractivity contribution in [2.24, 2.45) is 5.73 Å². The van der Waals surface area contributed by atoms with Crippen molar-refractivity contribution >= 4 is 28.3 Å². The predicted octanol–water partition coefficient (Wildman–Crippen LogP) is 2.96. The lowest BCUT2D eigenvalue weighted by Crippen LogP contribution is -2.05. The van der Waals surface area contributed by atoms with Crippen LogP contribution in [0.5, 0.6) is 0 Å². The molecule has 2 N–H and O–H groups in total. The molecular weight excluding hydrogens is 256 g/mol. The summed E-state index contributed by atoms with van der Waals surface area (Å²) < 4.78 is 13.8.